The number of carbonyl (C=O) groups excluding carboxylic acids is 3. The van der Waals surface area contributed by atoms with Crippen molar-refractivity contribution in [1.82, 2.24) is 15.5 Å². The Kier molecular flexibility index (Phi) is 8.68. The molecule has 2 bridgehead atoms. The minimum Gasteiger partial charge on any atom is -0.496 e. The molecule has 5 atom stereocenters. The van der Waals surface area contributed by atoms with Crippen molar-refractivity contribution >= 4 is 23.8 Å². The van der Waals surface area contributed by atoms with Crippen LogP contribution >= 0.6 is 0 Å². The first-order chi connectivity index (χ1) is 18.3. The highest BCUT2D eigenvalue weighted by Gasteiger charge is 2.46. The van der Waals surface area contributed by atoms with Crippen molar-refractivity contribution in [1.29, 1.82) is 0 Å². The van der Waals surface area contributed by atoms with Crippen molar-refractivity contribution < 1.29 is 23.9 Å². The maximum atomic E-state index is 13.8. The van der Waals surface area contributed by atoms with Gasteiger partial charge in [-0.05, 0) is 35.8 Å². The lowest BCUT2D eigenvalue weighted by Gasteiger charge is -2.31. The molecule has 0 radical (unpaired) electrons. The molecule has 9 nitrogen and oxygen atoms in total. The van der Waals surface area contributed by atoms with Crippen molar-refractivity contribution in [3.05, 3.63) is 65.9 Å². The first-order valence-corrected chi connectivity index (χ1v) is 13.0. The first kappa shape index (κ1) is 27.2. The Balaban J connectivity index is 1.71. The van der Waals surface area contributed by atoms with E-state index >= 15 is 0 Å². The molecule has 3 amide bonds. The molecular weight excluding hydrogens is 484 g/mol. The van der Waals surface area contributed by atoms with Gasteiger partial charge in [-0.1, -0.05) is 50.6 Å². The predicted molar refractivity (Wildman–Crippen MR) is 144 cm³/mol. The molecule has 2 aromatic carbocycles. The van der Waals surface area contributed by atoms with Gasteiger partial charge in [0.1, 0.15) is 29.7 Å². The van der Waals surface area contributed by atoms with Crippen molar-refractivity contribution in [2.45, 2.75) is 57.3 Å². The second-order valence-corrected chi connectivity index (χ2v) is 9.83. The fourth-order valence-corrected chi connectivity index (χ4v) is 4.85. The van der Waals surface area contributed by atoms with Crippen LogP contribution in [0.2, 0.25) is 0 Å². The lowest BCUT2D eigenvalue weighted by atomic mass is 9.98. The first-order valence-electron chi connectivity index (χ1n) is 13.0. The predicted octanol–water partition coefficient (Wildman–Crippen LogP) is 2.24. The molecule has 0 saturated carbocycles. The highest BCUT2D eigenvalue weighted by atomic mass is 16.5. The number of ether oxygens (including phenoxy) is 2. The maximum Gasteiger partial charge on any atom is 0.247 e. The Bertz CT molecular complexity index is 1180. The number of benzene rings is 2. The van der Waals surface area contributed by atoms with E-state index < -0.39 is 30.1 Å². The molecule has 2 aliphatic rings. The van der Waals surface area contributed by atoms with Crippen LogP contribution in [0.3, 0.4) is 0 Å². The maximum absolute atomic E-state index is 13.8. The van der Waals surface area contributed by atoms with Gasteiger partial charge in [-0.15, -0.1) is 0 Å². The molecular formula is C29H36N4O5. The number of amides is 3. The zero-order valence-corrected chi connectivity index (χ0v) is 22.1. The average molecular weight is 521 g/mol. The highest BCUT2D eigenvalue weighted by Crippen LogP contribution is 2.30. The number of carbonyl (C=O) groups is 3. The van der Waals surface area contributed by atoms with Crippen molar-refractivity contribution in [2.24, 2.45) is 11.7 Å². The van der Waals surface area contributed by atoms with Gasteiger partial charge in [0.15, 0.2) is 0 Å². The molecule has 2 aliphatic heterocycles. The number of nitrogens with one attached hydrogen (secondary N) is 2. The fraction of sp³-hybridized carbons (Fsp3) is 0.414. The van der Waals surface area contributed by atoms with Crippen molar-refractivity contribution in [2.75, 3.05) is 13.7 Å². The number of rotatable bonds is 6. The van der Waals surface area contributed by atoms with Gasteiger partial charge in [-0.25, -0.2) is 0 Å². The summed E-state index contributed by atoms with van der Waals surface area (Å²) in [5, 5.41) is 5.67. The van der Waals surface area contributed by atoms with E-state index in [1.807, 2.05) is 44.2 Å². The van der Waals surface area contributed by atoms with Crippen LogP contribution in [0, 0.1) is 5.92 Å². The summed E-state index contributed by atoms with van der Waals surface area (Å²) in [7, 11) is 1.56. The average Bonchev–Trinajstić information content (AvgIpc) is 3.35. The van der Waals surface area contributed by atoms with Gasteiger partial charge in [0, 0.05) is 31.1 Å². The van der Waals surface area contributed by atoms with Crippen LogP contribution in [-0.4, -0.2) is 60.5 Å². The topological polar surface area (TPSA) is 123 Å². The number of likely N-dealkylation sites (tertiary alicyclic amines) is 1. The smallest absolute Gasteiger partial charge is 0.247 e. The Morgan fingerprint density at radius 3 is 2.66 bits per heavy atom. The molecule has 202 valence electrons. The summed E-state index contributed by atoms with van der Waals surface area (Å²) in [6.45, 7) is 4.22. The molecule has 4 rings (SSSR count). The van der Waals surface area contributed by atoms with Crippen LogP contribution in [0.1, 0.15) is 37.8 Å². The van der Waals surface area contributed by atoms with Gasteiger partial charge < -0.3 is 30.7 Å². The Morgan fingerprint density at radius 2 is 1.95 bits per heavy atom. The van der Waals surface area contributed by atoms with E-state index in [2.05, 4.69) is 10.6 Å². The molecule has 1 saturated heterocycles. The fourth-order valence-electron chi connectivity index (χ4n) is 4.85. The second kappa shape index (κ2) is 12.1. The molecule has 9 heteroatoms. The number of nitrogens with two attached hydrogens (primary N) is 1. The van der Waals surface area contributed by atoms with Gasteiger partial charge in [0.2, 0.25) is 17.7 Å². The molecule has 2 heterocycles. The van der Waals surface area contributed by atoms with Crippen molar-refractivity contribution in [3.63, 3.8) is 0 Å². The standard InChI is InChI=1S/C29H36N4O5/c1-4-18(2)25(30)29(36)33-15-13-24-26(33)28(35)32-22(16-19-8-6-5-7-9-19)27(34)31-14-12-20-17-21(38-24)10-11-23(20)37-3/h5-12,14,17-18,22,24-26H,4,13,15-16,30H2,1-3H3,(H,31,34)(H,32,35). The van der Waals surface area contributed by atoms with Gasteiger partial charge in [0.25, 0.3) is 0 Å². The van der Waals surface area contributed by atoms with Crippen LogP contribution in [-0.2, 0) is 20.8 Å². The number of nitrogens with zero attached hydrogens (tertiary/aromatic N) is 1. The number of fused-ring (bicyclic) bond motifs is 3. The Morgan fingerprint density at radius 1 is 1.18 bits per heavy atom. The summed E-state index contributed by atoms with van der Waals surface area (Å²) < 4.78 is 11.8. The number of hydrogen-bond donors (Lipinski definition) is 3. The van der Waals surface area contributed by atoms with Crippen LogP contribution in [0.5, 0.6) is 11.5 Å². The van der Waals surface area contributed by atoms with E-state index in [-0.39, 0.29) is 24.2 Å². The molecule has 38 heavy (non-hydrogen) atoms. The van der Waals surface area contributed by atoms with Crippen LogP contribution < -0.4 is 25.8 Å². The van der Waals surface area contributed by atoms with E-state index in [0.717, 1.165) is 12.0 Å². The van der Waals surface area contributed by atoms with E-state index in [0.29, 0.717) is 30.0 Å². The zero-order valence-electron chi connectivity index (χ0n) is 22.1. The van der Waals surface area contributed by atoms with E-state index in [1.54, 1.807) is 31.4 Å². The molecule has 2 aromatic rings. The van der Waals surface area contributed by atoms with Gasteiger partial charge in [-0.2, -0.15) is 0 Å². The monoisotopic (exact) mass is 520 g/mol. The van der Waals surface area contributed by atoms with Gasteiger partial charge in [-0.3, -0.25) is 14.4 Å². The third kappa shape index (κ3) is 5.99. The summed E-state index contributed by atoms with van der Waals surface area (Å²) >= 11 is 0. The summed E-state index contributed by atoms with van der Waals surface area (Å²) in [5.74, 6) is -0.0434. The highest BCUT2D eigenvalue weighted by molar-refractivity contribution is 5.94. The Labute approximate surface area is 223 Å². The summed E-state index contributed by atoms with van der Waals surface area (Å²) in [6.07, 6.45) is 4.09. The van der Waals surface area contributed by atoms with E-state index in [1.165, 1.54) is 11.1 Å². The van der Waals surface area contributed by atoms with E-state index in [4.69, 9.17) is 15.2 Å². The Hall–Kier alpha value is -3.85. The van der Waals surface area contributed by atoms with Crippen LogP contribution in [0.25, 0.3) is 6.08 Å². The minimum atomic E-state index is -0.942. The number of hydrogen-bond acceptors (Lipinski definition) is 6. The third-order valence-corrected chi connectivity index (χ3v) is 7.33. The van der Waals surface area contributed by atoms with E-state index in [9.17, 15) is 14.4 Å². The molecule has 4 N–H and O–H groups in total. The normalized spacial score (nSPS) is 22.9. The van der Waals surface area contributed by atoms with Crippen LogP contribution in [0.15, 0.2) is 54.7 Å². The molecule has 1 fully saturated rings. The minimum absolute atomic E-state index is 0.0490. The molecule has 0 aromatic heterocycles. The van der Waals surface area contributed by atoms with Gasteiger partial charge in [0.05, 0.1) is 13.2 Å². The summed E-state index contributed by atoms with van der Waals surface area (Å²) in [4.78, 5) is 42.0. The molecule has 0 spiro atoms. The molecule has 0 aliphatic carbocycles. The second-order valence-electron chi connectivity index (χ2n) is 9.83. The van der Waals surface area contributed by atoms with Crippen LogP contribution in [0.4, 0.5) is 0 Å². The third-order valence-electron chi connectivity index (χ3n) is 7.33. The van der Waals surface area contributed by atoms with Gasteiger partial charge >= 0.3 is 0 Å². The quantitative estimate of drug-likeness (QED) is 0.537. The number of methoxy groups -OCH3 is 1. The SMILES string of the molecule is CCC(C)C(N)C(=O)N1CCC2Oc3ccc(OC)c(c3)C=CNC(=O)C(Cc3ccccc3)NC(=O)C21. The van der Waals surface area contributed by atoms with Crippen molar-refractivity contribution in [3.8, 4) is 11.5 Å². The largest absolute Gasteiger partial charge is 0.496 e. The lowest BCUT2D eigenvalue weighted by molar-refractivity contribution is -0.142. The lowest BCUT2D eigenvalue weighted by Crippen LogP contribution is -2.59. The molecule has 5 unspecified atom stereocenters. The summed E-state index contributed by atoms with van der Waals surface area (Å²) in [5.41, 5.74) is 7.88. The zero-order chi connectivity index (χ0) is 27.2. The summed E-state index contributed by atoms with van der Waals surface area (Å²) in [6, 6.07) is 12.2.